The number of furan rings is 2. The summed E-state index contributed by atoms with van der Waals surface area (Å²) in [7, 11) is 0. The standard InChI is InChI=1S/C46H25N3O2/c1-47-30-20-24-39-37(26-30)36-25-29(19-23-38(36)49(39)31-9-3-2-4-10-31)27-15-17-28(18-16-27)43-42-34-12-6-8-14-41(34)50-45(42)35-22-21-33-32-11-5-7-13-40(32)51-46(33)44(35)48-43/h2-26H. The molecule has 7 aromatic carbocycles. The lowest BCUT2D eigenvalue weighted by Crippen LogP contribution is -1.92. The minimum absolute atomic E-state index is 0.630. The summed E-state index contributed by atoms with van der Waals surface area (Å²) < 4.78 is 15.3. The molecule has 5 nitrogen and oxygen atoms in total. The second-order valence-corrected chi connectivity index (χ2v) is 13.0. The lowest BCUT2D eigenvalue weighted by molar-refractivity contribution is 0.668. The molecule has 0 bridgehead atoms. The number of rotatable bonds is 3. The molecule has 0 unspecified atom stereocenters. The van der Waals surface area contributed by atoms with Gasteiger partial charge >= 0.3 is 0 Å². The lowest BCUT2D eigenvalue weighted by atomic mass is 9.98. The summed E-state index contributed by atoms with van der Waals surface area (Å²) in [6.07, 6.45) is 0. The van der Waals surface area contributed by atoms with Gasteiger partial charge in [-0.05, 0) is 77.2 Å². The van der Waals surface area contributed by atoms with Gasteiger partial charge in [-0.2, -0.15) is 0 Å². The van der Waals surface area contributed by atoms with Crippen molar-refractivity contribution in [2.45, 2.75) is 0 Å². The Kier molecular flexibility index (Phi) is 5.67. The molecule has 5 heteroatoms. The first-order chi connectivity index (χ1) is 25.2. The van der Waals surface area contributed by atoms with E-state index in [0.717, 1.165) is 105 Å². The number of para-hydroxylation sites is 3. The molecule has 4 heterocycles. The summed E-state index contributed by atoms with van der Waals surface area (Å²) in [5, 5.41) is 7.23. The highest BCUT2D eigenvalue weighted by Gasteiger charge is 2.21. The number of benzene rings is 7. The van der Waals surface area contributed by atoms with Gasteiger partial charge in [0, 0.05) is 38.2 Å². The Labute approximate surface area is 291 Å². The molecule has 0 fully saturated rings. The van der Waals surface area contributed by atoms with Crippen LogP contribution in [0.4, 0.5) is 5.69 Å². The van der Waals surface area contributed by atoms with Gasteiger partial charge in [0.05, 0.1) is 28.7 Å². The van der Waals surface area contributed by atoms with Crippen molar-refractivity contribution in [3.05, 3.63) is 163 Å². The molecule has 0 radical (unpaired) electrons. The third kappa shape index (κ3) is 3.99. The summed E-state index contributed by atoms with van der Waals surface area (Å²) >= 11 is 0. The molecule has 0 atom stereocenters. The van der Waals surface area contributed by atoms with Crippen molar-refractivity contribution in [2.24, 2.45) is 0 Å². The third-order valence-corrected chi connectivity index (χ3v) is 10.2. The van der Waals surface area contributed by atoms with E-state index in [0.29, 0.717) is 5.69 Å². The van der Waals surface area contributed by atoms with Crippen molar-refractivity contribution in [1.29, 1.82) is 0 Å². The van der Waals surface area contributed by atoms with Gasteiger partial charge < -0.3 is 13.4 Å². The second-order valence-electron chi connectivity index (χ2n) is 13.0. The quantitative estimate of drug-likeness (QED) is 0.179. The highest BCUT2D eigenvalue weighted by molar-refractivity contribution is 6.24. The molecule has 0 amide bonds. The molecule has 11 aromatic rings. The van der Waals surface area contributed by atoms with Crippen molar-refractivity contribution in [1.82, 2.24) is 9.55 Å². The lowest BCUT2D eigenvalue weighted by Gasteiger charge is -2.09. The number of nitrogens with zero attached hydrogens (tertiary/aromatic N) is 3. The maximum Gasteiger partial charge on any atom is 0.188 e. The van der Waals surface area contributed by atoms with Crippen molar-refractivity contribution in [3.63, 3.8) is 0 Å². The molecule has 0 aliphatic heterocycles. The van der Waals surface area contributed by atoms with E-state index in [1.807, 2.05) is 54.6 Å². The average molecular weight is 652 g/mol. The van der Waals surface area contributed by atoms with E-state index in [2.05, 4.69) is 106 Å². The molecule has 0 aliphatic rings. The van der Waals surface area contributed by atoms with E-state index >= 15 is 0 Å². The number of pyridine rings is 1. The minimum Gasteiger partial charge on any atom is -0.455 e. The summed E-state index contributed by atoms with van der Waals surface area (Å²) in [5.41, 5.74) is 12.0. The molecule has 51 heavy (non-hydrogen) atoms. The van der Waals surface area contributed by atoms with E-state index in [-0.39, 0.29) is 0 Å². The van der Waals surface area contributed by atoms with Gasteiger partial charge in [-0.25, -0.2) is 9.83 Å². The SMILES string of the molecule is [C-]#[N+]c1ccc2c(c1)c1cc(-c3ccc(-c4nc5c(ccc6c7ccccc7oc65)c5oc6ccccc6c45)cc3)ccc1n2-c1ccccc1. The van der Waals surface area contributed by atoms with Crippen LogP contribution in [0.1, 0.15) is 0 Å². The Morgan fingerprint density at radius 2 is 1.12 bits per heavy atom. The van der Waals surface area contributed by atoms with Crippen LogP contribution in [-0.4, -0.2) is 9.55 Å². The summed E-state index contributed by atoms with van der Waals surface area (Å²) in [5.74, 6) is 0. The van der Waals surface area contributed by atoms with Gasteiger partial charge in [0.25, 0.3) is 0 Å². The summed E-state index contributed by atoms with van der Waals surface area (Å²) in [6, 6.07) is 52.1. The van der Waals surface area contributed by atoms with Crippen molar-refractivity contribution >= 4 is 82.3 Å². The van der Waals surface area contributed by atoms with Crippen LogP contribution < -0.4 is 0 Å². The van der Waals surface area contributed by atoms with Crippen LogP contribution in [0.25, 0.3) is 110 Å². The van der Waals surface area contributed by atoms with Crippen LogP contribution in [0, 0.1) is 6.57 Å². The average Bonchev–Trinajstić information content (AvgIpc) is 3.87. The predicted octanol–water partition coefficient (Wildman–Crippen LogP) is 13.0. The first-order valence-corrected chi connectivity index (χ1v) is 16.9. The fraction of sp³-hybridized carbons (Fsp3) is 0. The monoisotopic (exact) mass is 651 g/mol. The van der Waals surface area contributed by atoms with Gasteiger partial charge in [0.1, 0.15) is 22.3 Å². The van der Waals surface area contributed by atoms with Gasteiger partial charge in [-0.1, -0.05) is 91.0 Å². The topological polar surface area (TPSA) is 48.5 Å². The zero-order valence-electron chi connectivity index (χ0n) is 27.1. The van der Waals surface area contributed by atoms with Gasteiger partial charge in [0.15, 0.2) is 11.3 Å². The van der Waals surface area contributed by atoms with E-state index in [4.69, 9.17) is 20.4 Å². The van der Waals surface area contributed by atoms with E-state index in [9.17, 15) is 0 Å². The molecule has 0 N–H and O–H groups in total. The first-order valence-electron chi connectivity index (χ1n) is 16.9. The molecule has 0 saturated carbocycles. The molecule has 236 valence electrons. The maximum absolute atomic E-state index is 7.66. The van der Waals surface area contributed by atoms with Crippen molar-refractivity contribution in [2.75, 3.05) is 0 Å². The molecular weight excluding hydrogens is 627 g/mol. The zero-order chi connectivity index (χ0) is 33.6. The van der Waals surface area contributed by atoms with Crippen LogP contribution in [0.15, 0.2) is 160 Å². The fourth-order valence-corrected chi connectivity index (χ4v) is 7.85. The highest BCUT2D eigenvalue weighted by atomic mass is 16.3. The molecule has 0 aliphatic carbocycles. The van der Waals surface area contributed by atoms with Gasteiger partial charge in [-0.3, -0.25) is 0 Å². The maximum atomic E-state index is 7.66. The number of aromatic nitrogens is 2. The highest BCUT2D eigenvalue weighted by Crippen LogP contribution is 2.43. The van der Waals surface area contributed by atoms with Gasteiger partial charge in [-0.15, -0.1) is 0 Å². The minimum atomic E-state index is 0.630. The predicted molar refractivity (Wildman–Crippen MR) is 208 cm³/mol. The van der Waals surface area contributed by atoms with E-state index in [1.54, 1.807) is 0 Å². The Bertz CT molecular complexity index is 3250. The Morgan fingerprint density at radius 3 is 1.92 bits per heavy atom. The molecular formula is C46H25N3O2. The van der Waals surface area contributed by atoms with Crippen LogP contribution >= 0.6 is 0 Å². The van der Waals surface area contributed by atoms with Crippen LogP contribution in [-0.2, 0) is 0 Å². The molecule has 11 rings (SSSR count). The second kappa shape index (κ2) is 10.4. The number of fused-ring (bicyclic) bond motifs is 12. The summed E-state index contributed by atoms with van der Waals surface area (Å²) in [6.45, 7) is 7.66. The van der Waals surface area contributed by atoms with Crippen molar-refractivity contribution in [3.8, 4) is 28.1 Å². The fourth-order valence-electron chi connectivity index (χ4n) is 7.85. The Hall–Kier alpha value is -7.16. The normalized spacial score (nSPS) is 11.9. The Morgan fingerprint density at radius 1 is 0.490 bits per heavy atom. The number of hydrogen-bond donors (Lipinski definition) is 0. The van der Waals surface area contributed by atoms with Gasteiger partial charge in [0.2, 0.25) is 0 Å². The first kappa shape index (κ1) is 27.8. The van der Waals surface area contributed by atoms with Crippen LogP contribution in [0.5, 0.6) is 0 Å². The Balaban J connectivity index is 1.11. The zero-order valence-corrected chi connectivity index (χ0v) is 27.1. The van der Waals surface area contributed by atoms with E-state index in [1.165, 1.54) is 0 Å². The van der Waals surface area contributed by atoms with Crippen LogP contribution in [0.3, 0.4) is 0 Å². The third-order valence-electron chi connectivity index (χ3n) is 10.2. The molecule has 0 saturated heterocycles. The van der Waals surface area contributed by atoms with E-state index < -0.39 is 0 Å². The molecule has 4 aromatic heterocycles. The number of hydrogen-bond acceptors (Lipinski definition) is 3. The summed E-state index contributed by atoms with van der Waals surface area (Å²) in [4.78, 5) is 9.10. The van der Waals surface area contributed by atoms with Crippen LogP contribution in [0.2, 0.25) is 0 Å². The van der Waals surface area contributed by atoms with Crippen molar-refractivity contribution < 1.29 is 8.83 Å². The molecule has 0 spiro atoms. The smallest absolute Gasteiger partial charge is 0.188 e. The largest absolute Gasteiger partial charge is 0.455 e.